The van der Waals surface area contributed by atoms with Gasteiger partial charge in [0.1, 0.15) is 12.4 Å². The van der Waals surface area contributed by atoms with Gasteiger partial charge >= 0.3 is 0 Å². The molecule has 1 aliphatic carbocycles. The zero-order valence-electron chi connectivity index (χ0n) is 9.90. The van der Waals surface area contributed by atoms with Gasteiger partial charge in [0.25, 0.3) is 0 Å². The summed E-state index contributed by atoms with van der Waals surface area (Å²) in [5.74, 6) is 1.68. The van der Waals surface area contributed by atoms with E-state index in [4.69, 9.17) is 4.74 Å². The minimum atomic E-state index is -0.331. The largest absolute Gasteiger partial charge is 0.476 e. The molecule has 1 saturated carbocycles. The van der Waals surface area contributed by atoms with Gasteiger partial charge in [-0.1, -0.05) is 6.92 Å². The molecule has 4 rings (SSSR count). The SMILES string of the molecule is C[C@H]1C2CC(C2)NC1COc1ccc(F)cn1. The molecule has 0 amide bonds. The highest BCUT2D eigenvalue weighted by atomic mass is 19.1. The fraction of sp³-hybridized carbons (Fsp3) is 0.615. The minimum Gasteiger partial charge on any atom is -0.476 e. The fourth-order valence-corrected chi connectivity index (χ4v) is 2.83. The number of pyridine rings is 1. The molecule has 92 valence electrons. The monoisotopic (exact) mass is 236 g/mol. The molecule has 3 heterocycles. The molecule has 0 radical (unpaired) electrons. The van der Waals surface area contributed by atoms with Crippen LogP contribution in [0.25, 0.3) is 0 Å². The van der Waals surface area contributed by atoms with Crippen molar-refractivity contribution >= 4 is 0 Å². The van der Waals surface area contributed by atoms with Crippen LogP contribution in [0.1, 0.15) is 19.8 Å². The number of piperidine rings is 2. The third kappa shape index (κ3) is 2.14. The molecule has 17 heavy (non-hydrogen) atoms. The molecule has 3 nitrogen and oxygen atoms in total. The molecule has 0 spiro atoms. The number of rotatable bonds is 3. The number of halogens is 1. The van der Waals surface area contributed by atoms with E-state index in [2.05, 4.69) is 17.2 Å². The van der Waals surface area contributed by atoms with Crippen LogP contribution in [0.3, 0.4) is 0 Å². The van der Waals surface area contributed by atoms with E-state index < -0.39 is 0 Å². The Labute approximate surface area is 100 Å². The maximum absolute atomic E-state index is 12.7. The maximum atomic E-state index is 12.7. The predicted octanol–water partition coefficient (Wildman–Crippen LogP) is 1.99. The lowest BCUT2D eigenvalue weighted by Crippen LogP contribution is -2.60. The lowest BCUT2D eigenvalue weighted by atomic mass is 9.66. The zero-order chi connectivity index (χ0) is 11.8. The van der Waals surface area contributed by atoms with Crippen LogP contribution >= 0.6 is 0 Å². The number of aromatic nitrogens is 1. The highest BCUT2D eigenvalue weighted by Gasteiger charge is 2.43. The third-order valence-corrected chi connectivity index (χ3v) is 4.11. The van der Waals surface area contributed by atoms with Crippen molar-refractivity contribution in [3.63, 3.8) is 0 Å². The van der Waals surface area contributed by atoms with Crippen LogP contribution in [0.2, 0.25) is 0 Å². The highest BCUT2D eigenvalue weighted by molar-refractivity contribution is 5.11. The second kappa shape index (κ2) is 4.26. The molecule has 2 aliphatic heterocycles. The molecule has 2 bridgehead atoms. The zero-order valence-corrected chi connectivity index (χ0v) is 9.90. The van der Waals surface area contributed by atoms with Crippen molar-refractivity contribution in [2.24, 2.45) is 11.8 Å². The van der Waals surface area contributed by atoms with Crippen LogP contribution in [-0.4, -0.2) is 23.7 Å². The van der Waals surface area contributed by atoms with E-state index in [1.54, 1.807) is 6.07 Å². The maximum Gasteiger partial charge on any atom is 0.213 e. The summed E-state index contributed by atoms with van der Waals surface area (Å²) >= 11 is 0. The molecule has 1 N–H and O–H groups in total. The Bertz CT molecular complexity index is 389. The summed E-state index contributed by atoms with van der Waals surface area (Å²) in [6.45, 7) is 2.89. The van der Waals surface area contributed by atoms with Gasteiger partial charge < -0.3 is 10.1 Å². The predicted molar refractivity (Wildman–Crippen MR) is 62.3 cm³/mol. The van der Waals surface area contributed by atoms with Gasteiger partial charge in [0.15, 0.2) is 0 Å². The van der Waals surface area contributed by atoms with Crippen LogP contribution in [0.4, 0.5) is 4.39 Å². The summed E-state index contributed by atoms with van der Waals surface area (Å²) in [4.78, 5) is 3.89. The van der Waals surface area contributed by atoms with Crippen LogP contribution in [0.15, 0.2) is 18.3 Å². The lowest BCUT2D eigenvalue weighted by molar-refractivity contribution is 0.0326. The van der Waals surface area contributed by atoms with Crippen molar-refractivity contribution in [2.45, 2.75) is 31.8 Å². The number of hydrogen-bond acceptors (Lipinski definition) is 3. The Balaban J connectivity index is 1.55. The molecular weight excluding hydrogens is 219 g/mol. The third-order valence-electron chi connectivity index (χ3n) is 4.11. The molecule has 2 saturated heterocycles. The highest BCUT2D eigenvalue weighted by Crippen LogP contribution is 2.40. The number of fused-ring (bicyclic) bond motifs is 2. The smallest absolute Gasteiger partial charge is 0.213 e. The van der Waals surface area contributed by atoms with Gasteiger partial charge in [0.05, 0.1) is 6.20 Å². The summed E-state index contributed by atoms with van der Waals surface area (Å²) < 4.78 is 18.3. The molecule has 1 unspecified atom stereocenters. The van der Waals surface area contributed by atoms with Gasteiger partial charge in [-0.15, -0.1) is 0 Å². The van der Waals surface area contributed by atoms with Crippen molar-refractivity contribution in [3.05, 3.63) is 24.1 Å². The van der Waals surface area contributed by atoms with Crippen LogP contribution in [-0.2, 0) is 0 Å². The molecule has 3 fully saturated rings. The quantitative estimate of drug-likeness (QED) is 0.871. The molecule has 0 aromatic carbocycles. The number of nitrogens with one attached hydrogen (secondary N) is 1. The van der Waals surface area contributed by atoms with Crippen LogP contribution < -0.4 is 10.1 Å². The van der Waals surface area contributed by atoms with E-state index in [-0.39, 0.29) is 5.82 Å². The lowest BCUT2D eigenvalue weighted by Gasteiger charge is -2.50. The summed E-state index contributed by atoms with van der Waals surface area (Å²) in [5.41, 5.74) is 0. The van der Waals surface area contributed by atoms with Crippen LogP contribution in [0, 0.1) is 17.7 Å². The van der Waals surface area contributed by atoms with Crippen molar-refractivity contribution < 1.29 is 9.13 Å². The van der Waals surface area contributed by atoms with E-state index in [1.165, 1.54) is 25.1 Å². The summed E-state index contributed by atoms with van der Waals surface area (Å²) in [6, 6.07) is 4.03. The van der Waals surface area contributed by atoms with Crippen molar-refractivity contribution in [3.8, 4) is 5.88 Å². The number of nitrogens with zero attached hydrogens (tertiary/aromatic N) is 1. The average Bonchev–Trinajstić information content (AvgIpc) is 2.28. The fourth-order valence-electron chi connectivity index (χ4n) is 2.83. The Morgan fingerprint density at radius 1 is 1.47 bits per heavy atom. The summed E-state index contributed by atoms with van der Waals surface area (Å²) in [7, 11) is 0. The average molecular weight is 236 g/mol. The summed E-state index contributed by atoms with van der Waals surface area (Å²) in [5, 5.41) is 3.59. The standard InChI is InChI=1S/C13H17FN2O/c1-8-9-4-11(5-9)16-12(8)7-17-13-3-2-10(14)6-15-13/h2-3,6,8-9,11-12,16H,4-5,7H2,1H3/t8-,9?,11?,12?/m0/s1. The number of ether oxygens (including phenoxy) is 1. The molecule has 2 atom stereocenters. The van der Waals surface area contributed by atoms with Gasteiger partial charge in [-0.05, 0) is 30.7 Å². The van der Waals surface area contributed by atoms with E-state index in [9.17, 15) is 4.39 Å². The Hall–Kier alpha value is -1.16. The normalized spacial score (nSPS) is 35.2. The van der Waals surface area contributed by atoms with Crippen molar-refractivity contribution in [1.29, 1.82) is 0 Å². The van der Waals surface area contributed by atoms with Gasteiger partial charge in [-0.3, -0.25) is 0 Å². The Kier molecular flexibility index (Phi) is 2.74. The van der Waals surface area contributed by atoms with Gasteiger partial charge in [0.2, 0.25) is 5.88 Å². The van der Waals surface area contributed by atoms with Gasteiger partial charge in [0, 0.05) is 18.2 Å². The molecule has 1 aromatic rings. The Morgan fingerprint density at radius 3 is 2.94 bits per heavy atom. The first kappa shape index (κ1) is 11.0. The van der Waals surface area contributed by atoms with Crippen LogP contribution in [0.5, 0.6) is 5.88 Å². The minimum absolute atomic E-state index is 0.331. The van der Waals surface area contributed by atoms with E-state index >= 15 is 0 Å². The molecular formula is C13H17FN2O. The van der Waals surface area contributed by atoms with E-state index in [0.29, 0.717) is 30.5 Å². The van der Waals surface area contributed by atoms with E-state index in [1.807, 2.05) is 0 Å². The second-order valence-electron chi connectivity index (χ2n) is 5.19. The topological polar surface area (TPSA) is 34.1 Å². The van der Waals surface area contributed by atoms with Crippen molar-refractivity contribution in [2.75, 3.05) is 6.61 Å². The van der Waals surface area contributed by atoms with Gasteiger partial charge in [-0.25, -0.2) is 9.37 Å². The second-order valence-corrected chi connectivity index (χ2v) is 5.19. The first-order valence-corrected chi connectivity index (χ1v) is 6.23. The summed E-state index contributed by atoms with van der Waals surface area (Å²) in [6.07, 6.45) is 3.81. The first-order chi connectivity index (χ1) is 8.22. The van der Waals surface area contributed by atoms with Crippen molar-refractivity contribution in [1.82, 2.24) is 10.3 Å². The molecule has 3 aliphatic rings. The van der Waals surface area contributed by atoms with Gasteiger partial charge in [-0.2, -0.15) is 0 Å². The van der Waals surface area contributed by atoms with E-state index in [0.717, 1.165) is 5.92 Å². The molecule has 4 heteroatoms. The Morgan fingerprint density at radius 2 is 2.29 bits per heavy atom. The molecule has 1 aromatic heterocycles. The first-order valence-electron chi connectivity index (χ1n) is 6.23. The number of hydrogen-bond donors (Lipinski definition) is 1.